The summed E-state index contributed by atoms with van der Waals surface area (Å²) in [5, 5.41) is 4.80. The van der Waals surface area contributed by atoms with Crippen LogP contribution in [0.25, 0.3) is 0 Å². The fourth-order valence-corrected chi connectivity index (χ4v) is 2.78. The molecule has 2 unspecified atom stereocenters. The molecule has 1 aromatic rings. The fraction of sp³-hybridized carbons (Fsp3) is 0.611. The first-order valence-electron chi connectivity index (χ1n) is 8.90. The van der Waals surface area contributed by atoms with E-state index in [0.717, 1.165) is 0 Å². The van der Waals surface area contributed by atoms with Gasteiger partial charge in [-0.25, -0.2) is 0 Å². The van der Waals surface area contributed by atoms with Crippen molar-refractivity contribution in [1.29, 1.82) is 0 Å². The number of alkyl halides is 3. The van der Waals surface area contributed by atoms with Gasteiger partial charge in [0.25, 0.3) is 0 Å². The minimum atomic E-state index is -4.49. The molecular formula is C18H27F3N4O3. The van der Waals surface area contributed by atoms with Crippen LogP contribution >= 0.6 is 0 Å². The van der Waals surface area contributed by atoms with E-state index in [9.17, 15) is 27.6 Å². The van der Waals surface area contributed by atoms with Crippen molar-refractivity contribution in [3.05, 3.63) is 34.2 Å². The lowest BCUT2D eigenvalue weighted by atomic mass is 10.1. The minimum absolute atomic E-state index is 0.145. The van der Waals surface area contributed by atoms with Crippen molar-refractivity contribution in [2.75, 3.05) is 20.6 Å². The van der Waals surface area contributed by atoms with Gasteiger partial charge >= 0.3 is 6.18 Å². The van der Waals surface area contributed by atoms with E-state index in [1.807, 2.05) is 0 Å². The first-order valence-corrected chi connectivity index (χ1v) is 8.90. The van der Waals surface area contributed by atoms with Gasteiger partial charge in [0.2, 0.25) is 11.8 Å². The van der Waals surface area contributed by atoms with Gasteiger partial charge in [0, 0.05) is 30.6 Å². The lowest BCUT2D eigenvalue weighted by molar-refractivity contribution is -0.144. The molecule has 1 heterocycles. The topological polar surface area (TPSA) is 83.4 Å². The lowest BCUT2D eigenvalue weighted by Crippen LogP contribution is -2.51. The maximum atomic E-state index is 12.9. The monoisotopic (exact) mass is 404 g/mol. The molecule has 158 valence electrons. The number of carbonyl (C=O) groups excluding carboxylic acids is 2. The largest absolute Gasteiger partial charge is 0.391 e. The molecule has 0 bridgehead atoms. The molecule has 1 aromatic heterocycles. The van der Waals surface area contributed by atoms with E-state index >= 15 is 0 Å². The molecule has 0 saturated carbocycles. The third kappa shape index (κ3) is 8.12. The second kappa shape index (κ2) is 10.3. The Morgan fingerprint density at radius 1 is 1.29 bits per heavy atom. The summed E-state index contributed by atoms with van der Waals surface area (Å²) in [5.41, 5.74) is 0.355. The SMILES string of the molecule is CCC(C(=O)NC(CNC(=O)Cn1ccc(=O)cc1C)CC(F)(F)F)N(C)C. The lowest BCUT2D eigenvalue weighted by Gasteiger charge is -2.26. The van der Waals surface area contributed by atoms with Crippen LogP contribution < -0.4 is 16.1 Å². The highest BCUT2D eigenvalue weighted by molar-refractivity contribution is 5.82. The molecule has 7 nitrogen and oxygen atoms in total. The van der Waals surface area contributed by atoms with Gasteiger partial charge in [-0.2, -0.15) is 13.2 Å². The van der Waals surface area contributed by atoms with Crippen molar-refractivity contribution in [3.8, 4) is 0 Å². The number of amides is 2. The third-order valence-corrected chi connectivity index (χ3v) is 4.22. The van der Waals surface area contributed by atoms with Crippen LogP contribution in [0, 0.1) is 6.92 Å². The van der Waals surface area contributed by atoms with Crippen LogP contribution in [0.15, 0.2) is 23.1 Å². The zero-order chi connectivity index (χ0) is 21.5. The molecule has 10 heteroatoms. The Morgan fingerprint density at radius 3 is 2.43 bits per heavy atom. The summed E-state index contributed by atoms with van der Waals surface area (Å²) in [4.78, 5) is 37.2. The highest BCUT2D eigenvalue weighted by Crippen LogP contribution is 2.21. The molecule has 1 rings (SSSR count). The molecule has 2 amide bonds. The number of aryl methyl sites for hydroxylation is 1. The summed E-state index contributed by atoms with van der Waals surface area (Å²) in [6.45, 7) is 2.91. The molecule has 28 heavy (non-hydrogen) atoms. The molecule has 2 atom stereocenters. The van der Waals surface area contributed by atoms with Crippen molar-refractivity contribution in [3.63, 3.8) is 0 Å². The molecule has 0 aromatic carbocycles. The van der Waals surface area contributed by atoms with Crippen LogP contribution in [0.1, 0.15) is 25.5 Å². The van der Waals surface area contributed by atoms with E-state index < -0.39 is 36.5 Å². The number of halogens is 3. The number of carbonyl (C=O) groups is 2. The number of rotatable bonds is 9. The second-order valence-corrected chi connectivity index (χ2v) is 6.85. The van der Waals surface area contributed by atoms with Crippen molar-refractivity contribution < 1.29 is 22.8 Å². The van der Waals surface area contributed by atoms with Crippen molar-refractivity contribution >= 4 is 11.8 Å². The summed E-state index contributed by atoms with van der Waals surface area (Å²) in [6, 6.07) is 0.807. The standard InChI is InChI=1S/C18H27F3N4O3/c1-5-15(24(3)4)17(28)23-13(9-18(19,20)21)10-22-16(27)11-25-7-6-14(26)8-12(25)2/h6-8,13,15H,5,9-11H2,1-4H3,(H,22,27)(H,23,28). The van der Waals surface area contributed by atoms with E-state index in [1.165, 1.54) is 22.9 Å². The highest BCUT2D eigenvalue weighted by Gasteiger charge is 2.34. The van der Waals surface area contributed by atoms with Crippen molar-refractivity contribution in [2.24, 2.45) is 0 Å². The molecule has 0 radical (unpaired) electrons. The number of pyridine rings is 1. The Kier molecular flexibility index (Phi) is 8.67. The van der Waals surface area contributed by atoms with Gasteiger partial charge in [-0.3, -0.25) is 19.3 Å². The van der Waals surface area contributed by atoms with Crippen molar-refractivity contribution in [1.82, 2.24) is 20.1 Å². The average molecular weight is 404 g/mol. The predicted octanol–water partition coefficient (Wildman–Crippen LogP) is 1.05. The maximum absolute atomic E-state index is 12.9. The Balaban J connectivity index is 2.74. The zero-order valence-electron chi connectivity index (χ0n) is 16.5. The average Bonchev–Trinajstić information content (AvgIpc) is 2.54. The molecule has 0 aliphatic rings. The Hall–Kier alpha value is -2.36. The molecule has 0 fully saturated rings. The van der Waals surface area contributed by atoms with Crippen LogP contribution in [0.4, 0.5) is 13.2 Å². The first kappa shape index (κ1) is 23.7. The van der Waals surface area contributed by atoms with Gasteiger partial charge < -0.3 is 15.2 Å². The number of hydrogen-bond donors (Lipinski definition) is 2. The Morgan fingerprint density at radius 2 is 1.93 bits per heavy atom. The Bertz CT molecular complexity index is 732. The Labute approximate surface area is 161 Å². The molecular weight excluding hydrogens is 377 g/mol. The molecule has 0 aliphatic heterocycles. The molecule has 0 aliphatic carbocycles. The molecule has 0 spiro atoms. The number of likely N-dealkylation sites (N-methyl/N-ethyl adjacent to an activating group) is 1. The van der Waals surface area contributed by atoms with E-state index in [1.54, 1.807) is 32.8 Å². The van der Waals surface area contributed by atoms with Gasteiger partial charge in [-0.15, -0.1) is 0 Å². The summed E-state index contributed by atoms with van der Waals surface area (Å²) in [6.07, 6.45) is -3.86. The van der Waals surface area contributed by atoms with E-state index in [4.69, 9.17) is 0 Å². The van der Waals surface area contributed by atoms with Gasteiger partial charge in [0.1, 0.15) is 6.54 Å². The summed E-state index contributed by atoms with van der Waals surface area (Å²) >= 11 is 0. The molecule has 2 N–H and O–H groups in total. The number of nitrogens with one attached hydrogen (secondary N) is 2. The van der Waals surface area contributed by atoms with E-state index in [0.29, 0.717) is 12.1 Å². The molecule has 0 saturated heterocycles. The minimum Gasteiger partial charge on any atom is -0.352 e. The predicted molar refractivity (Wildman–Crippen MR) is 98.8 cm³/mol. The normalized spacial score (nSPS) is 13.9. The van der Waals surface area contributed by atoms with Crippen LogP contribution in [0.2, 0.25) is 0 Å². The number of aromatic nitrogens is 1. The maximum Gasteiger partial charge on any atom is 0.391 e. The highest BCUT2D eigenvalue weighted by atomic mass is 19.4. The smallest absolute Gasteiger partial charge is 0.352 e. The van der Waals surface area contributed by atoms with E-state index in [-0.39, 0.29) is 18.5 Å². The van der Waals surface area contributed by atoms with Crippen LogP contribution in [0.5, 0.6) is 0 Å². The summed E-state index contributed by atoms with van der Waals surface area (Å²) in [5.74, 6) is -1.04. The van der Waals surface area contributed by atoms with Gasteiger partial charge in [0.05, 0.1) is 18.5 Å². The van der Waals surface area contributed by atoms with Crippen LogP contribution in [-0.4, -0.2) is 60.2 Å². The first-order chi connectivity index (χ1) is 12.9. The second-order valence-electron chi connectivity index (χ2n) is 6.85. The quantitative estimate of drug-likeness (QED) is 0.645. The summed E-state index contributed by atoms with van der Waals surface area (Å²) < 4.78 is 40.1. The van der Waals surface area contributed by atoms with Gasteiger partial charge in [-0.05, 0) is 27.4 Å². The number of hydrogen-bond acceptors (Lipinski definition) is 4. The zero-order valence-corrected chi connectivity index (χ0v) is 16.5. The van der Waals surface area contributed by atoms with Crippen molar-refractivity contribution in [2.45, 2.75) is 51.5 Å². The third-order valence-electron chi connectivity index (χ3n) is 4.22. The van der Waals surface area contributed by atoms with Gasteiger partial charge in [-0.1, -0.05) is 6.92 Å². The van der Waals surface area contributed by atoms with Crippen LogP contribution in [-0.2, 0) is 16.1 Å². The number of nitrogens with zero attached hydrogens (tertiary/aromatic N) is 2. The van der Waals surface area contributed by atoms with E-state index in [2.05, 4.69) is 10.6 Å². The fourth-order valence-electron chi connectivity index (χ4n) is 2.78. The summed E-state index contributed by atoms with van der Waals surface area (Å²) in [7, 11) is 3.34. The van der Waals surface area contributed by atoms with Gasteiger partial charge in [0.15, 0.2) is 5.43 Å². The van der Waals surface area contributed by atoms with Crippen LogP contribution in [0.3, 0.4) is 0 Å².